The summed E-state index contributed by atoms with van der Waals surface area (Å²) in [5.74, 6) is -2.76. The largest absolute Gasteiger partial charge is 0.490 e. The zero-order valence-electron chi connectivity index (χ0n) is 16.9. The molecule has 2 atom stereocenters. The van der Waals surface area contributed by atoms with Crippen LogP contribution in [0.1, 0.15) is 44.1 Å². The minimum absolute atomic E-state index is 0.174. The highest BCUT2D eigenvalue weighted by atomic mass is 19.4. The van der Waals surface area contributed by atoms with Crippen LogP contribution in [-0.4, -0.2) is 74.1 Å². The number of hydrogen-bond donors (Lipinski definition) is 2. The highest BCUT2D eigenvalue weighted by Crippen LogP contribution is 2.33. The fraction of sp³-hybridized carbons (Fsp3) is 0.737. The molecule has 1 aromatic heterocycles. The van der Waals surface area contributed by atoms with E-state index in [-0.39, 0.29) is 6.03 Å². The van der Waals surface area contributed by atoms with E-state index in [0.29, 0.717) is 18.1 Å². The molecule has 2 aliphatic heterocycles. The predicted octanol–water partition coefficient (Wildman–Crippen LogP) is 2.35. The Morgan fingerprint density at radius 2 is 1.80 bits per heavy atom. The minimum atomic E-state index is -5.08. The molecule has 168 valence electrons. The fourth-order valence-corrected chi connectivity index (χ4v) is 4.64. The number of carbonyl (C=O) groups excluding carboxylic acids is 1. The number of nitrogens with one attached hydrogen (secondary N) is 1. The van der Waals surface area contributed by atoms with Crippen molar-refractivity contribution < 1.29 is 27.9 Å². The van der Waals surface area contributed by atoms with Crippen molar-refractivity contribution >= 4 is 12.0 Å². The van der Waals surface area contributed by atoms with Crippen molar-refractivity contribution in [3.8, 4) is 0 Å². The van der Waals surface area contributed by atoms with Crippen molar-refractivity contribution in [1.82, 2.24) is 24.9 Å². The highest BCUT2D eigenvalue weighted by molar-refractivity contribution is 5.75. The van der Waals surface area contributed by atoms with Crippen LogP contribution in [0.25, 0.3) is 0 Å². The second-order valence-electron chi connectivity index (χ2n) is 8.13. The summed E-state index contributed by atoms with van der Waals surface area (Å²) in [6.45, 7) is 2.93. The number of carboxylic acids is 1. The van der Waals surface area contributed by atoms with E-state index in [1.165, 1.54) is 18.4 Å². The molecule has 1 aromatic rings. The summed E-state index contributed by atoms with van der Waals surface area (Å²) in [6, 6.07) is 1.50. The number of amides is 2. The number of carboxylic acid groups (broad SMARTS) is 1. The van der Waals surface area contributed by atoms with Crippen molar-refractivity contribution in [2.75, 3.05) is 13.1 Å². The van der Waals surface area contributed by atoms with E-state index in [9.17, 15) is 18.0 Å². The molecule has 2 N–H and O–H groups in total. The van der Waals surface area contributed by atoms with Gasteiger partial charge in [0, 0.05) is 50.5 Å². The van der Waals surface area contributed by atoms with Crippen LogP contribution < -0.4 is 5.32 Å². The molecule has 4 rings (SSSR count). The van der Waals surface area contributed by atoms with Gasteiger partial charge in [0.25, 0.3) is 0 Å². The van der Waals surface area contributed by atoms with E-state index in [1.807, 2.05) is 17.9 Å². The van der Waals surface area contributed by atoms with Crippen molar-refractivity contribution in [2.24, 2.45) is 7.05 Å². The number of halogens is 3. The fourth-order valence-electron chi connectivity index (χ4n) is 4.64. The molecule has 30 heavy (non-hydrogen) atoms. The maximum atomic E-state index is 12.6. The van der Waals surface area contributed by atoms with Gasteiger partial charge < -0.3 is 15.3 Å². The van der Waals surface area contributed by atoms with Crippen LogP contribution in [0.15, 0.2) is 12.4 Å². The summed E-state index contributed by atoms with van der Waals surface area (Å²) in [7, 11) is 1.96. The number of nitrogens with zero attached hydrogens (tertiary/aromatic N) is 4. The number of rotatable bonds is 3. The van der Waals surface area contributed by atoms with Crippen molar-refractivity contribution in [1.29, 1.82) is 0 Å². The topological polar surface area (TPSA) is 90.7 Å². The first-order valence-electron chi connectivity index (χ1n) is 10.2. The third-order valence-corrected chi connectivity index (χ3v) is 6.02. The number of aromatic nitrogens is 2. The van der Waals surface area contributed by atoms with Gasteiger partial charge in [-0.05, 0) is 25.7 Å². The van der Waals surface area contributed by atoms with Gasteiger partial charge in [-0.25, -0.2) is 9.59 Å². The number of hydrogen-bond acceptors (Lipinski definition) is 4. The second-order valence-corrected chi connectivity index (χ2v) is 8.13. The average molecular weight is 431 g/mol. The first kappa shape index (κ1) is 22.4. The summed E-state index contributed by atoms with van der Waals surface area (Å²) in [4.78, 5) is 26.1. The number of carbonyl (C=O) groups is 2. The second kappa shape index (κ2) is 9.23. The van der Waals surface area contributed by atoms with Crippen LogP contribution in [0.5, 0.6) is 0 Å². The Balaban J connectivity index is 0.000000318. The molecule has 0 unspecified atom stereocenters. The lowest BCUT2D eigenvalue weighted by Gasteiger charge is -2.27. The first-order valence-corrected chi connectivity index (χ1v) is 10.2. The molecule has 0 aromatic carbocycles. The van der Waals surface area contributed by atoms with Crippen LogP contribution in [0.2, 0.25) is 0 Å². The zero-order chi connectivity index (χ0) is 21.9. The number of likely N-dealkylation sites (tertiary alicyclic amines) is 2. The maximum absolute atomic E-state index is 12.6. The van der Waals surface area contributed by atoms with Gasteiger partial charge in [0.05, 0.1) is 12.2 Å². The summed E-state index contributed by atoms with van der Waals surface area (Å²) in [5, 5.41) is 14.6. The molecule has 3 aliphatic rings. The van der Waals surface area contributed by atoms with Gasteiger partial charge >= 0.3 is 18.2 Å². The smallest absolute Gasteiger partial charge is 0.475 e. The summed E-state index contributed by atoms with van der Waals surface area (Å²) in [6.07, 6.45) is 5.99. The Hall–Kier alpha value is -2.30. The molecule has 3 fully saturated rings. The number of fused-ring (bicyclic) bond motifs is 1. The SMILES string of the molecule is Cn1cc(CN2CC[C@@H]3[C@@H]2CCN3C(=O)NC2CCCC2)cn1.O=C(O)C(F)(F)F. The average Bonchev–Trinajstić information content (AvgIpc) is 3.42. The molecule has 2 amide bonds. The van der Waals surface area contributed by atoms with E-state index < -0.39 is 12.1 Å². The molecule has 0 bridgehead atoms. The van der Waals surface area contributed by atoms with Crippen LogP contribution in [0.3, 0.4) is 0 Å². The molecular formula is C19H28F3N5O3. The summed E-state index contributed by atoms with van der Waals surface area (Å²) in [5.41, 5.74) is 1.27. The third kappa shape index (κ3) is 5.44. The lowest BCUT2D eigenvalue weighted by molar-refractivity contribution is -0.192. The Labute approximate surface area is 173 Å². The Kier molecular flexibility index (Phi) is 6.89. The van der Waals surface area contributed by atoms with E-state index in [1.54, 1.807) is 0 Å². The van der Waals surface area contributed by atoms with Crippen molar-refractivity contribution in [2.45, 2.75) is 69.4 Å². The van der Waals surface area contributed by atoms with Gasteiger partial charge in [-0.15, -0.1) is 0 Å². The van der Waals surface area contributed by atoms with Gasteiger partial charge in [-0.1, -0.05) is 12.8 Å². The Morgan fingerprint density at radius 3 is 2.37 bits per heavy atom. The molecule has 2 saturated heterocycles. The van der Waals surface area contributed by atoms with Crippen LogP contribution >= 0.6 is 0 Å². The molecular weight excluding hydrogens is 403 g/mol. The van der Waals surface area contributed by atoms with Gasteiger partial charge in [0.1, 0.15) is 0 Å². The van der Waals surface area contributed by atoms with Crippen LogP contribution in [0.4, 0.5) is 18.0 Å². The number of alkyl halides is 3. The molecule has 0 spiro atoms. The lowest BCUT2D eigenvalue weighted by atomic mass is 10.1. The monoisotopic (exact) mass is 431 g/mol. The van der Waals surface area contributed by atoms with Gasteiger partial charge in [-0.3, -0.25) is 9.58 Å². The first-order chi connectivity index (χ1) is 14.1. The van der Waals surface area contributed by atoms with Crippen molar-refractivity contribution in [3.05, 3.63) is 18.0 Å². The zero-order valence-corrected chi connectivity index (χ0v) is 16.9. The molecule has 11 heteroatoms. The molecule has 1 saturated carbocycles. The van der Waals surface area contributed by atoms with E-state index in [4.69, 9.17) is 9.90 Å². The normalized spacial score (nSPS) is 24.5. The summed E-state index contributed by atoms with van der Waals surface area (Å²) >= 11 is 0. The third-order valence-electron chi connectivity index (χ3n) is 6.02. The number of aliphatic carboxylic acids is 1. The number of urea groups is 1. The molecule has 1 aliphatic carbocycles. The predicted molar refractivity (Wildman–Crippen MR) is 102 cm³/mol. The van der Waals surface area contributed by atoms with Crippen molar-refractivity contribution in [3.63, 3.8) is 0 Å². The van der Waals surface area contributed by atoms with Gasteiger partial charge in [0.2, 0.25) is 0 Å². The standard InChI is InChI=1S/C17H27N5O.C2HF3O2/c1-20-11-13(10-18-20)12-21-8-6-16-15(21)7-9-22(16)17(23)19-14-4-2-3-5-14;3-2(4,5)1(6)7/h10-11,14-16H,2-9,12H2,1H3,(H,19,23);(H,6,7)/t15-,16+;/m0./s1. The molecule has 0 radical (unpaired) electrons. The van der Waals surface area contributed by atoms with Crippen LogP contribution in [-0.2, 0) is 18.4 Å². The van der Waals surface area contributed by atoms with E-state index >= 15 is 0 Å². The Bertz CT molecular complexity index is 748. The summed E-state index contributed by atoms with van der Waals surface area (Å²) < 4.78 is 33.6. The minimum Gasteiger partial charge on any atom is -0.475 e. The highest BCUT2D eigenvalue weighted by Gasteiger charge is 2.44. The maximum Gasteiger partial charge on any atom is 0.490 e. The number of aryl methyl sites for hydroxylation is 1. The van der Waals surface area contributed by atoms with E-state index in [0.717, 1.165) is 45.3 Å². The Morgan fingerprint density at radius 1 is 1.17 bits per heavy atom. The quantitative estimate of drug-likeness (QED) is 0.767. The molecule has 3 heterocycles. The van der Waals surface area contributed by atoms with Crippen LogP contribution in [0, 0.1) is 0 Å². The molecule has 8 nitrogen and oxygen atoms in total. The lowest BCUT2D eigenvalue weighted by Crippen LogP contribution is -2.47. The van der Waals surface area contributed by atoms with Gasteiger partial charge in [-0.2, -0.15) is 18.3 Å². The van der Waals surface area contributed by atoms with E-state index in [2.05, 4.69) is 26.4 Å². The van der Waals surface area contributed by atoms with Gasteiger partial charge in [0.15, 0.2) is 0 Å².